The number of carboxylic acids is 1. The van der Waals surface area contributed by atoms with Crippen molar-refractivity contribution in [2.75, 3.05) is 24.5 Å². The summed E-state index contributed by atoms with van der Waals surface area (Å²) in [5.41, 5.74) is 0.656. The van der Waals surface area contributed by atoms with Crippen molar-refractivity contribution in [3.63, 3.8) is 0 Å². The molecule has 2 bridgehead atoms. The van der Waals surface area contributed by atoms with Crippen LogP contribution in [0, 0.1) is 11.7 Å². The predicted octanol–water partition coefficient (Wildman–Crippen LogP) is 8.42. The molecule has 0 saturated carbocycles. The highest BCUT2D eigenvalue weighted by Crippen LogP contribution is 2.43. The third-order valence-electron chi connectivity index (χ3n) is 9.31. The number of benzene rings is 2. The minimum atomic E-state index is -3.13. The Bertz CT molecular complexity index is 1950. The lowest BCUT2D eigenvalue weighted by Crippen LogP contribution is -2.53. The fourth-order valence-corrected chi connectivity index (χ4v) is 8.73. The Hall–Kier alpha value is -4.24. The number of carboxylic acid groups (broad SMARTS) is 1. The summed E-state index contributed by atoms with van der Waals surface area (Å²) in [5.74, 6) is -2.81. The maximum absolute atomic E-state index is 15.3. The molecule has 16 heteroatoms. The molecule has 10 nitrogen and oxygen atoms in total. The van der Waals surface area contributed by atoms with Crippen LogP contribution >= 0.6 is 34.5 Å². The van der Waals surface area contributed by atoms with Crippen molar-refractivity contribution in [2.24, 2.45) is 5.92 Å². The molecule has 3 fully saturated rings. The zero-order valence-corrected chi connectivity index (χ0v) is 31.0. The van der Waals surface area contributed by atoms with E-state index in [1.807, 2.05) is 0 Å². The molecule has 2 N–H and O–H groups in total. The minimum Gasteiger partial charge on any atom is -0.487 e. The molecule has 2 aromatic carbocycles. The van der Waals surface area contributed by atoms with Gasteiger partial charge in [0.15, 0.2) is 11.5 Å². The molecule has 3 aliphatic heterocycles. The first kappa shape index (κ1) is 38.5. The number of fused-ring (bicyclic) bond motifs is 3. The number of para-hydroxylation sites is 1. The number of halogens is 5. The number of hydrogen-bond donors (Lipinski definition) is 2. The van der Waals surface area contributed by atoms with E-state index in [-0.39, 0.29) is 57.8 Å². The van der Waals surface area contributed by atoms with E-state index >= 15 is 4.39 Å². The molecule has 2 aromatic heterocycles. The lowest BCUT2D eigenvalue weighted by molar-refractivity contribution is -0.904. The fourth-order valence-electron chi connectivity index (χ4n) is 6.85. The van der Waals surface area contributed by atoms with Crippen LogP contribution < -0.4 is 19.1 Å². The number of piperidine rings is 3. The van der Waals surface area contributed by atoms with Gasteiger partial charge in [-0.3, -0.25) is 15.0 Å². The maximum atomic E-state index is 15.3. The summed E-state index contributed by atoms with van der Waals surface area (Å²) in [6.45, 7) is 2.51. The second-order valence-corrected chi connectivity index (χ2v) is 15.2. The summed E-state index contributed by atoms with van der Waals surface area (Å²) in [6, 6.07) is 11.5. The van der Waals surface area contributed by atoms with Crippen LogP contribution in [0.15, 0.2) is 60.9 Å². The molecule has 1 amide bonds. The third-order valence-corrected chi connectivity index (χ3v) is 11.2. The van der Waals surface area contributed by atoms with Crippen LogP contribution in [0.25, 0.3) is 0 Å². The number of ether oxygens (including phenoxy) is 3. The smallest absolute Gasteiger partial charge is 0.415 e. The average molecular weight is 796 g/mol. The van der Waals surface area contributed by atoms with E-state index < -0.39 is 36.5 Å². The van der Waals surface area contributed by atoms with Crippen LogP contribution in [0.3, 0.4) is 0 Å². The Kier molecular flexibility index (Phi) is 11.9. The number of anilines is 1. The zero-order valence-electron chi connectivity index (χ0n) is 28.7. The van der Waals surface area contributed by atoms with Crippen LogP contribution in [0.4, 0.5) is 23.7 Å². The third kappa shape index (κ3) is 8.94. The molecule has 2 atom stereocenters. The van der Waals surface area contributed by atoms with Crippen LogP contribution in [0.5, 0.6) is 11.5 Å². The van der Waals surface area contributed by atoms with Gasteiger partial charge in [-0.15, -0.1) is 11.3 Å². The van der Waals surface area contributed by atoms with Gasteiger partial charge in [0.2, 0.25) is 12.4 Å². The van der Waals surface area contributed by atoms with Crippen LogP contribution in [0.2, 0.25) is 10.0 Å². The van der Waals surface area contributed by atoms with Crippen molar-refractivity contribution >= 4 is 52.3 Å². The Morgan fingerprint density at radius 2 is 1.74 bits per heavy atom. The highest BCUT2D eigenvalue weighted by molar-refractivity contribution is 7.12. The summed E-state index contributed by atoms with van der Waals surface area (Å²) in [4.78, 5) is 30.9. The van der Waals surface area contributed by atoms with Crippen molar-refractivity contribution < 1.29 is 52.0 Å². The van der Waals surface area contributed by atoms with Gasteiger partial charge >= 0.3 is 18.7 Å². The van der Waals surface area contributed by atoms with E-state index in [1.165, 1.54) is 59.8 Å². The van der Waals surface area contributed by atoms with Gasteiger partial charge in [-0.05, 0) is 88.0 Å². The van der Waals surface area contributed by atoms with E-state index in [9.17, 15) is 28.7 Å². The molecular formula is C37H37Cl2F3N3O7S+. The van der Waals surface area contributed by atoms with E-state index in [0.717, 1.165) is 37.3 Å². The van der Waals surface area contributed by atoms with Gasteiger partial charge in [-0.1, -0.05) is 41.4 Å². The second-order valence-electron chi connectivity index (χ2n) is 13.2. The van der Waals surface area contributed by atoms with E-state index in [0.29, 0.717) is 32.2 Å². The molecule has 7 rings (SSSR count). The maximum Gasteiger partial charge on any atom is 0.415 e. The van der Waals surface area contributed by atoms with Gasteiger partial charge in [-0.25, -0.2) is 14.0 Å². The summed E-state index contributed by atoms with van der Waals surface area (Å²) in [5, 5.41) is 20.7. The van der Waals surface area contributed by atoms with Gasteiger partial charge in [0, 0.05) is 32.5 Å². The average Bonchev–Trinajstić information content (AvgIpc) is 3.52. The van der Waals surface area contributed by atoms with Crippen LogP contribution in [-0.4, -0.2) is 65.7 Å². The first-order valence-corrected chi connectivity index (χ1v) is 18.5. The van der Waals surface area contributed by atoms with Gasteiger partial charge in [0.1, 0.15) is 22.0 Å². The van der Waals surface area contributed by atoms with Gasteiger partial charge in [0.05, 0.1) is 23.9 Å². The Morgan fingerprint density at radius 1 is 1.04 bits per heavy atom. The molecular weight excluding hydrogens is 758 g/mol. The van der Waals surface area contributed by atoms with E-state index in [1.54, 1.807) is 19.9 Å². The van der Waals surface area contributed by atoms with Gasteiger partial charge < -0.3 is 19.3 Å². The first-order chi connectivity index (χ1) is 25.3. The SMILES string of the molecule is CC(C)Oc1cc([C@H](Cc2c(Cl)c[n+](O)cc2Cl)c2sc(CN(C(=O)O[C@H]3CN4CCC3CC4)c3ccccc3F)cc2C(=O)O)ccc1OC(F)F. The standard InChI is InChI=1S/C37H36Cl2F3N3O7S/c1-20(2)50-32-13-22(7-8-31(32)51-36(41)42)24(15-25-27(38)17-44(49)18-28(25)39)34-26(35(46)47)14-23(53-34)16-45(30-6-4-3-5-29(30)40)37(48)52-33-19-43-11-9-21(33)10-12-43/h3-8,13-14,17-18,20-21,24,33,36H,9-12,15-16,19H2,1-2H3,(H-,46,47,49)/p+1/t24-,33-/m0/s1. The number of carbonyl (C=O) groups is 2. The number of rotatable bonds is 13. The predicted molar refractivity (Wildman–Crippen MR) is 192 cm³/mol. The van der Waals surface area contributed by atoms with Gasteiger partial charge in [-0.2, -0.15) is 8.78 Å². The molecule has 0 unspecified atom stereocenters. The summed E-state index contributed by atoms with van der Waals surface area (Å²) in [7, 11) is 0. The number of thiophene rings is 1. The summed E-state index contributed by atoms with van der Waals surface area (Å²) < 4.78 is 59.2. The number of hydrogen-bond acceptors (Lipinski definition) is 8. The van der Waals surface area contributed by atoms with Crippen molar-refractivity contribution in [3.8, 4) is 11.5 Å². The normalized spacial score (nSPS) is 18.6. The first-order valence-electron chi connectivity index (χ1n) is 16.9. The zero-order chi connectivity index (χ0) is 38.0. The molecule has 3 saturated heterocycles. The number of pyridine rings is 1. The minimum absolute atomic E-state index is 0.00359. The van der Waals surface area contributed by atoms with Crippen LogP contribution in [0.1, 0.15) is 63.8 Å². The molecule has 0 radical (unpaired) electrons. The second kappa shape index (κ2) is 16.4. The van der Waals surface area contributed by atoms with Crippen molar-refractivity contribution in [1.29, 1.82) is 0 Å². The molecule has 5 heterocycles. The number of aromatic carboxylic acids is 1. The number of alkyl halides is 2. The monoisotopic (exact) mass is 794 g/mol. The summed E-state index contributed by atoms with van der Waals surface area (Å²) >= 11 is 14.1. The lowest BCUT2D eigenvalue weighted by Gasteiger charge is -2.44. The Balaban J connectivity index is 1.43. The highest BCUT2D eigenvalue weighted by Gasteiger charge is 2.38. The van der Waals surface area contributed by atoms with Crippen molar-refractivity contribution in [2.45, 2.75) is 64.4 Å². The van der Waals surface area contributed by atoms with Crippen LogP contribution in [-0.2, 0) is 17.7 Å². The highest BCUT2D eigenvalue weighted by atomic mass is 35.5. The van der Waals surface area contributed by atoms with Crippen molar-refractivity contribution in [1.82, 2.24) is 4.90 Å². The Morgan fingerprint density at radius 3 is 2.34 bits per heavy atom. The van der Waals surface area contributed by atoms with Gasteiger partial charge in [0.25, 0.3) is 0 Å². The molecule has 0 spiro atoms. The molecule has 282 valence electrons. The van der Waals surface area contributed by atoms with E-state index in [4.69, 9.17) is 37.4 Å². The number of carbonyl (C=O) groups excluding carboxylic acids is 1. The molecule has 4 aromatic rings. The molecule has 3 aliphatic rings. The lowest BCUT2D eigenvalue weighted by atomic mass is 9.86. The van der Waals surface area contributed by atoms with E-state index in [2.05, 4.69) is 4.90 Å². The quantitative estimate of drug-likeness (QED) is 0.103. The van der Waals surface area contributed by atoms with Crippen molar-refractivity contribution in [3.05, 3.63) is 103 Å². The number of amides is 1. The summed E-state index contributed by atoms with van der Waals surface area (Å²) in [6.07, 6.45) is 2.65. The largest absolute Gasteiger partial charge is 0.487 e. The Labute approximate surface area is 317 Å². The molecule has 0 aliphatic carbocycles. The number of aromatic nitrogens is 1. The number of nitrogens with zero attached hydrogens (tertiary/aromatic N) is 3. The molecule has 53 heavy (non-hydrogen) atoms. The topological polar surface area (TPSA) is 113 Å². The fraction of sp³-hybridized carbons (Fsp3) is 0.378.